The number of hydrogen-bond donors (Lipinski definition) is 1. The first-order valence-electron chi connectivity index (χ1n) is 8.63. The Morgan fingerprint density at radius 3 is 2.68 bits per heavy atom. The molecule has 0 spiro atoms. The molecule has 2 heterocycles. The van der Waals surface area contributed by atoms with Crippen molar-refractivity contribution >= 4 is 44.9 Å². The van der Waals surface area contributed by atoms with Gasteiger partial charge in [-0.05, 0) is 30.0 Å². The Balaban J connectivity index is 1.60. The van der Waals surface area contributed by atoms with E-state index in [1.165, 1.54) is 22.2 Å². The topological polar surface area (TPSA) is 64.0 Å². The number of nitrogens with zero attached hydrogens (tertiary/aromatic N) is 2. The van der Waals surface area contributed by atoms with Gasteiger partial charge in [0.15, 0.2) is 0 Å². The van der Waals surface area contributed by atoms with E-state index in [0.29, 0.717) is 10.2 Å². The highest BCUT2D eigenvalue weighted by molar-refractivity contribution is 7.98. The van der Waals surface area contributed by atoms with E-state index in [1.807, 2.05) is 66.9 Å². The molecule has 2 aromatic carbocycles. The number of anilines is 1. The molecule has 0 saturated carbocycles. The minimum atomic E-state index is -0.261. The van der Waals surface area contributed by atoms with Gasteiger partial charge in [-0.25, -0.2) is 4.98 Å². The van der Waals surface area contributed by atoms with Crippen LogP contribution in [0.15, 0.2) is 76.7 Å². The van der Waals surface area contributed by atoms with Crippen LogP contribution in [0.25, 0.3) is 20.7 Å². The van der Waals surface area contributed by atoms with Gasteiger partial charge in [0.25, 0.3) is 5.56 Å². The molecule has 7 heteroatoms. The van der Waals surface area contributed by atoms with Crippen LogP contribution in [0.4, 0.5) is 5.69 Å². The number of hydrogen-bond acceptors (Lipinski definition) is 5. The second-order valence-electron chi connectivity index (χ2n) is 6.12. The monoisotopic (exact) mass is 407 g/mol. The molecule has 4 rings (SSSR count). The minimum Gasteiger partial charge on any atom is -0.324 e. The third-order valence-corrected chi connectivity index (χ3v) is 6.16. The van der Waals surface area contributed by atoms with Crippen molar-refractivity contribution in [3.8, 4) is 10.4 Å². The zero-order valence-electron chi connectivity index (χ0n) is 15.1. The quantitative estimate of drug-likeness (QED) is 0.495. The highest BCUT2D eigenvalue weighted by atomic mass is 32.2. The van der Waals surface area contributed by atoms with Crippen molar-refractivity contribution in [1.82, 2.24) is 9.55 Å². The number of benzene rings is 2. The fourth-order valence-electron chi connectivity index (χ4n) is 2.91. The fourth-order valence-corrected chi connectivity index (χ4v) is 4.46. The average molecular weight is 408 g/mol. The number of fused-ring (bicyclic) bond motifs is 1. The van der Waals surface area contributed by atoms with E-state index in [9.17, 15) is 9.59 Å². The summed E-state index contributed by atoms with van der Waals surface area (Å²) in [6.45, 7) is -0.0823. The molecule has 1 N–H and O–H groups in total. The summed E-state index contributed by atoms with van der Waals surface area (Å²) in [7, 11) is 0. The fraction of sp³-hybridized carbons (Fsp3) is 0.0952. The summed E-state index contributed by atoms with van der Waals surface area (Å²) in [5, 5.41) is 3.40. The number of thioether (sulfide) groups is 1. The molecule has 1 amide bonds. The largest absolute Gasteiger partial charge is 0.324 e. The molecule has 140 valence electrons. The Bertz CT molecular complexity index is 1200. The Kier molecular flexibility index (Phi) is 5.27. The summed E-state index contributed by atoms with van der Waals surface area (Å²) < 4.78 is 1.35. The van der Waals surface area contributed by atoms with Gasteiger partial charge in [0, 0.05) is 9.77 Å². The summed E-state index contributed by atoms with van der Waals surface area (Å²) in [5.41, 5.74) is 1.57. The highest BCUT2D eigenvalue weighted by Gasteiger charge is 2.13. The molecule has 0 bridgehead atoms. The molecule has 5 nitrogen and oxygen atoms in total. The van der Waals surface area contributed by atoms with Crippen LogP contribution in [0.1, 0.15) is 0 Å². The molecule has 0 saturated heterocycles. The molecule has 4 aromatic rings. The number of amides is 1. The number of para-hydroxylation sites is 1. The van der Waals surface area contributed by atoms with E-state index in [2.05, 4.69) is 10.3 Å². The normalized spacial score (nSPS) is 10.9. The number of rotatable bonds is 5. The van der Waals surface area contributed by atoms with E-state index >= 15 is 0 Å². The molecule has 28 heavy (non-hydrogen) atoms. The average Bonchev–Trinajstić information content (AvgIpc) is 3.16. The molecular weight excluding hydrogens is 390 g/mol. The van der Waals surface area contributed by atoms with Crippen molar-refractivity contribution < 1.29 is 4.79 Å². The van der Waals surface area contributed by atoms with Crippen LogP contribution in [0.2, 0.25) is 0 Å². The van der Waals surface area contributed by atoms with E-state index < -0.39 is 0 Å². The van der Waals surface area contributed by atoms with Crippen molar-refractivity contribution in [3.05, 3.63) is 77.3 Å². The first kappa shape index (κ1) is 18.5. The van der Waals surface area contributed by atoms with Gasteiger partial charge in [0.2, 0.25) is 5.91 Å². The number of thiophene rings is 1. The van der Waals surface area contributed by atoms with Gasteiger partial charge in [-0.15, -0.1) is 23.1 Å². The summed E-state index contributed by atoms with van der Waals surface area (Å²) in [5.74, 6) is -0.261. The van der Waals surface area contributed by atoms with Crippen LogP contribution in [0.3, 0.4) is 0 Å². The molecule has 0 atom stereocenters. The number of aromatic nitrogens is 2. The SMILES string of the molecule is CSc1ccccc1NC(=O)Cn1cnc2sc(-c3ccccc3)cc2c1=O. The maximum atomic E-state index is 12.8. The summed E-state index contributed by atoms with van der Waals surface area (Å²) >= 11 is 3.03. The molecule has 0 aliphatic carbocycles. The Hall–Kier alpha value is -2.90. The van der Waals surface area contributed by atoms with Gasteiger partial charge in [0.05, 0.1) is 17.4 Å². The maximum absolute atomic E-state index is 12.8. The molecule has 0 fully saturated rings. The van der Waals surface area contributed by atoms with Crippen LogP contribution in [0.5, 0.6) is 0 Å². The predicted octanol–water partition coefficient (Wildman–Crippen LogP) is 4.49. The standard InChI is InChI=1S/C21H17N3O2S2/c1-27-17-10-6-5-9-16(17)23-19(25)12-24-13-22-20-15(21(24)26)11-18(28-20)14-7-3-2-4-8-14/h2-11,13H,12H2,1H3,(H,23,25). The van der Waals surface area contributed by atoms with E-state index in [-0.39, 0.29) is 18.0 Å². The zero-order valence-corrected chi connectivity index (χ0v) is 16.7. The zero-order chi connectivity index (χ0) is 19.5. The molecule has 0 unspecified atom stereocenters. The molecule has 0 aliphatic rings. The smallest absolute Gasteiger partial charge is 0.262 e. The second-order valence-corrected chi connectivity index (χ2v) is 8.00. The third kappa shape index (κ3) is 3.72. The minimum absolute atomic E-state index is 0.0823. The van der Waals surface area contributed by atoms with Gasteiger partial charge in [-0.2, -0.15) is 0 Å². The van der Waals surface area contributed by atoms with Crippen molar-refractivity contribution in [2.45, 2.75) is 11.4 Å². The van der Waals surface area contributed by atoms with E-state index in [0.717, 1.165) is 21.0 Å². The number of carbonyl (C=O) groups excluding carboxylic acids is 1. The second kappa shape index (κ2) is 8.00. The predicted molar refractivity (Wildman–Crippen MR) is 116 cm³/mol. The Morgan fingerprint density at radius 2 is 1.89 bits per heavy atom. The first-order valence-corrected chi connectivity index (χ1v) is 10.7. The first-order chi connectivity index (χ1) is 13.7. The third-order valence-electron chi connectivity index (χ3n) is 4.27. The van der Waals surface area contributed by atoms with Gasteiger partial charge < -0.3 is 5.32 Å². The lowest BCUT2D eigenvalue weighted by Gasteiger charge is -2.10. The highest BCUT2D eigenvalue weighted by Crippen LogP contribution is 2.30. The van der Waals surface area contributed by atoms with Crippen LogP contribution in [-0.4, -0.2) is 21.7 Å². The summed E-state index contributed by atoms with van der Waals surface area (Å²) in [6.07, 6.45) is 3.39. The van der Waals surface area contributed by atoms with Crippen LogP contribution in [0, 0.1) is 0 Å². The maximum Gasteiger partial charge on any atom is 0.262 e. The van der Waals surface area contributed by atoms with Crippen molar-refractivity contribution in [1.29, 1.82) is 0 Å². The lowest BCUT2D eigenvalue weighted by molar-refractivity contribution is -0.116. The van der Waals surface area contributed by atoms with Gasteiger partial charge in [0.1, 0.15) is 11.4 Å². The molecular formula is C21H17N3O2S2. The van der Waals surface area contributed by atoms with Crippen molar-refractivity contribution in [2.75, 3.05) is 11.6 Å². The van der Waals surface area contributed by atoms with Crippen molar-refractivity contribution in [3.63, 3.8) is 0 Å². The van der Waals surface area contributed by atoms with Crippen LogP contribution >= 0.6 is 23.1 Å². The van der Waals surface area contributed by atoms with Gasteiger partial charge >= 0.3 is 0 Å². The summed E-state index contributed by atoms with van der Waals surface area (Å²) in [4.78, 5) is 32.3. The summed E-state index contributed by atoms with van der Waals surface area (Å²) in [6, 6.07) is 19.3. The van der Waals surface area contributed by atoms with E-state index in [1.54, 1.807) is 11.8 Å². The number of nitrogens with one attached hydrogen (secondary N) is 1. The Morgan fingerprint density at radius 1 is 1.14 bits per heavy atom. The van der Waals surface area contributed by atoms with Crippen LogP contribution < -0.4 is 10.9 Å². The molecule has 0 aliphatic heterocycles. The van der Waals surface area contributed by atoms with Gasteiger partial charge in [-0.3, -0.25) is 14.2 Å². The van der Waals surface area contributed by atoms with E-state index in [4.69, 9.17) is 0 Å². The van der Waals surface area contributed by atoms with Gasteiger partial charge in [-0.1, -0.05) is 42.5 Å². The lowest BCUT2D eigenvalue weighted by Crippen LogP contribution is -2.27. The molecule has 2 aromatic heterocycles. The molecule has 0 radical (unpaired) electrons. The van der Waals surface area contributed by atoms with Crippen molar-refractivity contribution in [2.24, 2.45) is 0 Å². The number of carbonyl (C=O) groups is 1. The van der Waals surface area contributed by atoms with Crippen LogP contribution in [-0.2, 0) is 11.3 Å². The Labute approximate surface area is 170 Å². The lowest BCUT2D eigenvalue weighted by atomic mass is 10.2.